The summed E-state index contributed by atoms with van der Waals surface area (Å²) < 4.78 is 11.3. The van der Waals surface area contributed by atoms with Gasteiger partial charge in [0.15, 0.2) is 6.61 Å². The molecule has 6 nitrogen and oxygen atoms in total. The van der Waals surface area contributed by atoms with Gasteiger partial charge in [0.1, 0.15) is 11.4 Å². The minimum Gasteiger partial charge on any atom is -0.484 e. The number of H-pyrrole nitrogens is 1. The summed E-state index contributed by atoms with van der Waals surface area (Å²) in [4.78, 5) is 7.30. The second-order valence-corrected chi connectivity index (χ2v) is 4.70. The number of nitrogens with one attached hydrogen (secondary N) is 1. The molecule has 0 saturated carbocycles. The molecule has 0 radical (unpaired) electrons. The number of aromatic nitrogens is 4. The van der Waals surface area contributed by atoms with Crippen molar-refractivity contribution in [3.8, 4) is 17.2 Å². The Labute approximate surface area is 125 Å². The number of hydrogen-bond donors (Lipinski definition) is 1. The maximum atomic E-state index is 5.68. The fourth-order valence-corrected chi connectivity index (χ4v) is 2.23. The molecule has 0 aliphatic carbocycles. The van der Waals surface area contributed by atoms with Crippen molar-refractivity contribution in [1.29, 1.82) is 0 Å². The second-order valence-electron chi connectivity index (χ2n) is 4.70. The molecule has 0 atom stereocenters. The second kappa shape index (κ2) is 5.33. The van der Waals surface area contributed by atoms with Crippen LogP contribution < -0.4 is 4.74 Å². The maximum absolute atomic E-state index is 5.68. The molecule has 0 aliphatic heterocycles. The number of nitrogens with zero attached hydrogens (tertiary/aromatic N) is 3. The predicted molar refractivity (Wildman–Crippen MR) is 80.2 cm³/mol. The van der Waals surface area contributed by atoms with Crippen LogP contribution in [0.2, 0.25) is 0 Å². The zero-order chi connectivity index (χ0) is 14.8. The molecule has 4 rings (SSSR count). The summed E-state index contributed by atoms with van der Waals surface area (Å²) in [7, 11) is 0. The standard InChI is InChI=1S/C16H12N4O2/c1-2-4-11(5-3-1)21-10-14-19-20-16(22-14)13-7-9-18-15-12(13)6-8-17-15/h1-9H,10H2,(H,17,18). The number of rotatable bonds is 4. The summed E-state index contributed by atoms with van der Waals surface area (Å²) in [5, 5.41) is 9.06. The van der Waals surface area contributed by atoms with Crippen LogP contribution in [0.3, 0.4) is 0 Å². The van der Waals surface area contributed by atoms with Crippen LogP contribution in [-0.4, -0.2) is 20.2 Å². The van der Waals surface area contributed by atoms with E-state index in [2.05, 4.69) is 20.2 Å². The van der Waals surface area contributed by atoms with Gasteiger partial charge in [0, 0.05) is 17.8 Å². The zero-order valence-corrected chi connectivity index (χ0v) is 11.6. The third-order valence-corrected chi connectivity index (χ3v) is 3.26. The van der Waals surface area contributed by atoms with Gasteiger partial charge in [-0.2, -0.15) is 0 Å². The summed E-state index contributed by atoms with van der Waals surface area (Å²) in [5.41, 5.74) is 1.64. The van der Waals surface area contributed by atoms with Crippen LogP contribution in [0.15, 0.2) is 59.3 Å². The Kier molecular flexibility index (Phi) is 3.05. The third kappa shape index (κ3) is 2.31. The minimum absolute atomic E-state index is 0.235. The van der Waals surface area contributed by atoms with Gasteiger partial charge in [0.2, 0.25) is 5.89 Å². The summed E-state index contributed by atoms with van der Waals surface area (Å²) in [6.45, 7) is 0.235. The fraction of sp³-hybridized carbons (Fsp3) is 0.0625. The fourth-order valence-electron chi connectivity index (χ4n) is 2.23. The Hall–Kier alpha value is -3.15. The van der Waals surface area contributed by atoms with Gasteiger partial charge in [-0.3, -0.25) is 0 Å². The van der Waals surface area contributed by atoms with Gasteiger partial charge in [-0.05, 0) is 24.3 Å². The monoisotopic (exact) mass is 292 g/mol. The van der Waals surface area contributed by atoms with Crippen molar-refractivity contribution >= 4 is 11.0 Å². The molecule has 108 valence electrons. The zero-order valence-electron chi connectivity index (χ0n) is 11.6. The number of benzene rings is 1. The highest BCUT2D eigenvalue weighted by Gasteiger charge is 2.13. The van der Waals surface area contributed by atoms with Crippen molar-refractivity contribution in [3.05, 3.63) is 60.7 Å². The Morgan fingerprint density at radius 2 is 1.95 bits per heavy atom. The van der Waals surface area contributed by atoms with Gasteiger partial charge >= 0.3 is 0 Å². The first-order valence-corrected chi connectivity index (χ1v) is 6.83. The van der Waals surface area contributed by atoms with Gasteiger partial charge in [0.05, 0.1) is 5.56 Å². The minimum atomic E-state index is 0.235. The van der Waals surface area contributed by atoms with E-state index in [-0.39, 0.29) is 6.61 Å². The lowest BCUT2D eigenvalue weighted by Gasteiger charge is -2.01. The number of pyridine rings is 1. The van der Waals surface area contributed by atoms with Gasteiger partial charge < -0.3 is 14.1 Å². The molecule has 0 bridgehead atoms. The molecule has 6 heteroatoms. The van der Waals surface area contributed by atoms with Crippen molar-refractivity contribution in [3.63, 3.8) is 0 Å². The molecule has 1 N–H and O–H groups in total. The predicted octanol–water partition coefficient (Wildman–Crippen LogP) is 3.19. The first-order chi connectivity index (χ1) is 10.9. The summed E-state index contributed by atoms with van der Waals surface area (Å²) in [6.07, 6.45) is 3.54. The molecular weight excluding hydrogens is 280 g/mol. The van der Waals surface area contributed by atoms with E-state index in [1.165, 1.54) is 0 Å². The molecule has 0 fully saturated rings. The lowest BCUT2D eigenvalue weighted by atomic mass is 10.2. The summed E-state index contributed by atoms with van der Waals surface area (Å²) in [5.74, 6) is 1.65. The number of para-hydroxylation sites is 1. The summed E-state index contributed by atoms with van der Waals surface area (Å²) in [6, 6.07) is 13.3. The highest BCUT2D eigenvalue weighted by molar-refractivity contribution is 5.90. The van der Waals surface area contributed by atoms with E-state index in [1.54, 1.807) is 6.20 Å². The number of aromatic amines is 1. The van der Waals surface area contributed by atoms with Crippen molar-refractivity contribution in [2.75, 3.05) is 0 Å². The Morgan fingerprint density at radius 1 is 1.05 bits per heavy atom. The third-order valence-electron chi connectivity index (χ3n) is 3.26. The lowest BCUT2D eigenvalue weighted by Crippen LogP contribution is -1.95. The van der Waals surface area contributed by atoms with Crippen LogP contribution in [0.5, 0.6) is 5.75 Å². The van der Waals surface area contributed by atoms with E-state index < -0.39 is 0 Å². The first kappa shape index (κ1) is 12.6. The molecule has 3 aromatic heterocycles. The number of hydrogen-bond acceptors (Lipinski definition) is 5. The highest BCUT2D eigenvalue weighted by Crippen LogP contribution is 2.25. The van der Waals surface area contributed by atoms with Crippen LogP contribution in [0.4, 0.5) is 0 Å². The topological polar surface area (TPSA) is 76.8 Å². The van der Waals surface area contributed by atoms with E-state index in [0.29, 0.717) is 11.8 Å². The van der Waals surface area contributed by atoms with Crippen LogP contribution in [0.25, 0.3) is 22.5 Å². The van der Waals surface area contributed by atoms with Crippen LogP contribution in [0, 0.1) is 0 Å². The Bertz CT molecular complexity index is 899. The van der Waals surface area contributed by atoms with Crippen molar-refractivity contribution in [2.24, 2.45) is 0 Å². The van der Waals surface area contributed by atoms with E-state index in [4.69, 9.17) is 9.15 Å². The van der Waals surface area contributed by atoms with Gasteiger partial charge in [-0.25, -0.2) is 4.98 Å². The lowest BCUT2D eigenvalue weighted by molar-refractivity contribution is 0.264. The largest absolute Gasteiger partial charge is 0.484 e. The van der Waals surface area contributed by atoms with Crippen LogP contribution in [-0.2, 0) is 6.61 Å². The maximum Gasteiger partial charge on any atom is 0.254 e. The molecule has 0 saturated heterocycles. The molecule has 0 spiro atoms. The van der Waals surface area contributed by atoms with Crippen molar-refractivity contribution in [2.45, 2.75) is 6.61 Å². The van der Waals surface area contributed by atoms with Crippen LogP contribution in [0.1, 0.15) is 5.89 Å². The molecule has 0 amide bonds. The van der Waals surface area contributed by atoms with Gasteiger partial charge in [-0.1, -0.05) is 18.2 Å². The molecule has 1 aromatic carbocycles. The molecule has 3 heterocycles. The number of fused-ring (bicyclic) bond motifs is 1. The van der Waals surface area contributed by atoms with Crippen LogP contribution >= 0.6 is 0 Å². The smallest absolute Gasteiger partial charge is 0.254 e. The van der Waals surface area contributed by atoms with E-state index in [0.717, 1.165) is 22.3 Å². The SMILES string of the molecule is c1ccc(OCc2nnc(-c3ccnc4[nH]ccc34)o2)cc1. The Morgan fingerprint density at radius 3 is 2.86 bits per heavy atom. The molecule has 0 unspecified atom stereocenters. The Balaban J connectivity index is 1.58. The van der Waals surface area contributed by atoms with Crippen molar-refractivity contribution < 1.29 is 9.15 Å². The molecule has 0 aliphatic rings. The van der Waals surface area contributed by atoms with E-state index in [1.807, 2.05) is 48.7 Å². The molecule has 4 aromatic rings. The van der Waals surface area contributed by atoms with Crippen molar-refractivity contribution in [1.82, 2.24) is 20.2 Å². The summed E-state index contributed by atoms with van der Waals surface area (Å²) >= 11 is 0. The average Bonchev–Trinajstić information content (AvgIpc) is 3.22. The first-order valence-electron chi connectivity index (χ1n) is 6.83. The highest BCUT2D eigenvalue weighted by atomic mass is 16.5. The van der Waals surface area contributed by atoms with E-state index in [9.17, 15) is 0 Å². The normalized spacial score (nSPS) is 10.9. The molecular formula is C16H12N4O2. The quantitative estimate of drug-likeness (QED) is 0.625. The van der Waals surface area contributed by atoms with Gasteiger partial charge in [0.25, 0.3) is 5.89 Å². The van der Waals surface area contributed by atoms with Gasteiger partial charge in [-0.15, -0.1) is 10.2 Å². The molecule has 22 heavy (non-hydrogen) atoms. The average molecular weight is 292 g/mol. The number of ether oxygens (including phenoxy) is 1. The van der Waals surface area contributed by atoms with E-state index >= 15 is 0 Å².